The van der Waals surface area contributed by atoms with Crippen molar-refractivity contribution in [3.8, 4) is 0 Å². The van der Waals surface area contributed by atoms with Crippen molar-refractivity contribution in [3.63, 3.8) is 0 Å². The van der Waals surface area contributed by atoms with Crippen LogP contribution in [0.15, 0.2) is 47.4 Å². The van der Waals surface area contributed by atoms with Crippen molar-refractivity contribution < 1.29 is 17.2 Å². The minimum Gasteiger partial charge on any atom is -0.207 e. The Balaban J connectivity index is 2.30. The molecular weight excluding hydrogens is 296 g/mol. The fraction of sp³-hybridized carbons (Fsp3) is 0.200. The van der Waals surface area contributed by atoms with Gasteiger partial charge >= 0.3 is 0 Å². The molecule has 0 aliphatic carbocycles. The number of hydrogen-bond donors (Lipinski definition) is 1. The summed E-state index contributed by atoms with van der Waals surface area (Å²) in [5.74, 6) is -1.49. The van der Waals surface area contributed by atoms with Gasteiger partial charge in [0.25, 0.3) is 0 Å². The lowest BCUT2D eigenvalue weighted by Gasteiger charge is -2.16. The van der Waals surface area contributed by atoms with Gasteiger partial charge in [-0.15, -0.1) is 0 Å². The zero-order valence-corrected chi connectivity index (χ0v) is 12.4. The van der Waals surface area contributed by atoms with Gasteiger partial charge in [0.05, 0.1) is 4.90 Å². The van der Waals surface area contributed by atoms with Gasteiger partial charge in [-0.2, -0.15) is 0 Å². The van der Waals surface area contributed by atoms with Crippen molar-refractivity contribution in [2.75, 3.05) is 0 Å². The van der Waals surface area contributed by atoms with E-state index in [0.717, 1.165) is 12.1 Å². The Labute approximate surface area is 122 Å². The highest BCUT2D eigenvalue weighted by Crippen LogP contribution is 2.21. The van der Waals surface area contributed by atoms with Crippen molar-refractivity contribution in [2.45, 2.75) is 24.8 Å². The Morgan fingerprint density at radius 3 is 2.38 bits per heavy atom. The van der Waals surface area contributed by atoms with Gasteiger partial charge in [0.1, 0.15) is 11.6 Å². The van der Waals surface area contributed by atoms with E-state index in [2.05, 4.69) is 4.72 Å². The molecule has 21 heavy (non-hydrogen) atoms. The second-order valence-corrected chi connectivity index (χ2v) is 6.46. The SMILES string of the molecule is Cc1ccccc1S(=O)(=O)NC(C)c1ccc(F)cc1F. The van der Waals surface area contributed by atoms with Crippen LogP contribution in [0.1, 0.15) is 24.1 Å². The highest BCUT2D eigenvalue weighted by Gasteiger charge is 2.21. The Hall–Kier alpha value is -1.79. The quantitative estimate of drug-likeness (QED) is 0.941. The van der Waals surface area contributed by atoms with Crippen molar-refractivity contribution in [1.29, 1.82) is 0 Å². The van der Waals surface area contributed by atoms with E-state index in [-0.39, 0.29) is 10.5 Å². The first kappa shape index (κ1) is 15.6. The molecule has 112 valence electrons. The molecule has 0 aromatic heterocycles. The van der Waals surface area contributed by atoms with E-state index < -0.39 is 27.7 Å². The van der Waals surface area contributed by atoms with Crippen LogP contribution in [-0.2, 0) is 10.0 Å². The van der Waals surface area contributed by atoms with E-state index in [9.17, 15) is 17.2 Å². The van der Waals surface area contributed by atoms with Gasteiger partial charge < -0.3 is 0 Å². The van der Waals surface area contributed by atoms with Crippen LogP contribution in [-0.4, -0.2) is 8.42 Å². The molecule has 0 aliphatic heterocycles. The third-order valence-corrected chi connectivity index (χ3v) is 4.84. The summed E-state index contributed by atoms with van der Waals surface area (Å²) < 4.78 is 53.6. The standard InChI is InChI=1S/C15H15F2NO2S/c1-10-5-3-4-6-15(10)21(19,20)18-11(2)13-8-7-12(16)9-14(13)17/h3-9,11,18H,1-2H3. The maximum absolute atomic E-state index is 13.7. The van der Waals surface area contributed by atoms with E-state index in [4.69, 9.17) is 0 Å². The van der Waals surface area contributed by atoms with Crippen LogP contribution in [0.2, 0.25) is 0 Å². The molecule has 0 fully saturated rings. The molecule has 2 aromatic rings. The molecule has 0 aliphatic rings. The van der Waals surface area contributed by atoms with E-state index in [1.165, 1.54) is 19.1 Å². The fourth-order valence-corrected chi connectivity index (χ4v) is 3.54. The molecule has 0 saturated carbocycles. The molecule has 6 heteroatoms. The Morgan fingerprint density at radius 2 is 1.76 bits per heavy atom. The van der Waals surface area contributed by atoms with Crippen molar-refractivity contribution in [1.82, 2.24) is 4.72 Å². The predicted molar refractivity (Wildman–Crippen MR) is 76.3 cm³/mol. The van der Waals surface area contributed by atoms with Crippen LogP contribution in [0.5, 0.6) is 0 Å². The summed E-state index contributed by atoms with van der Waals surface area (Å²) in [4.78, 5) is 0.138. The van der Waals surface area contributed by atoms with Crippen LogP contribution < -0.4 is 4.72 Å². The molecule has 0 spiro atoms. The van der Waals surface area contributed by atoms with Crippen LogP contribution in [0, 0.1) is 18.6 Å². The zero-order chi connectivity index (χ0) is 15.6. The molecule has 3 nitrogen and oxygen atoms in total. The molecule has 2 aromatic carbocycles. The minimum atomic E-state index is -3.78. The van der Waals surface area contributed by atoms with Crippen LogP contribution >= 0.6 is 0 Å². The van der Waals surface area contributed by atoms with E-state index in [0.29, 0.717) is 5.56 Å². The average Bonchev–Trinajstić information content (AvgIpc) is 2.38. The van der Waals surface area contributed by atoms with E-state index >= 15 is 0 Å². The highest BCUT2D eigenvalue weighted by molar-refractivity contribution is 7.89. The van der Waals surface area contributed by atoms with Crippen molar-refractivity contribution in [2.24, 2.45) is 0 Å². The Morgan fingerprint density at radius 1 is 1.10 bits per heavy atom. The fourth-order valence-electron chi connectivity index (χ4n) is 2.07. The number of aryl methyl sites for hydroxylation is 1. The van der Waals surface area contributed by atoms with E-state index in [1.807, 2.05) is 0 Å². The molecule has 0 heterocycles. The lowest BCUT2D eigenvalue weighted by Crippen LogP contribution is -2.28. The summed E-state index contributed by atoms with van der Waals surface area (Å²) in [6.45, 7) is 3.18. The van der Waals surface area contributed by atoms with Crippen LogP contribution in [0.3, 0.4) is 0 Å². The van der Waals surface area contributed by atoms with Gasteiger partial charge in [-0.05, 0) is 31.5 Å². The molecule has 2 rings (SSSR count). The highest BCUT2D eigenvalue weighted by atomic mass is 32.2. The number of sulfonamides is 1. The van der Waals surface area contributed by atoms with Gasteiger partial charge in [0.2, 0.25) is 10.0 Å². The minimum absolute atomic E-state index is 0.0913. The second kappa shape index (κ2) is 5.91. The maximum atomic E-state index is 13.7. The van der Waals surface area contributed by atoms with Gasteiger partial charge in [0.15, 0.2) is 0 Å². The summed E-state index contributed by atoms with van der Waals surface area (Å²) in [6, 6.07) is 8.75. The molecule has 1 N–H and O–H groups in total. The van der Waals surface area contributed by atoms with Gasteiger partial charge in [-0.1, -0.05) is 24.3 Å². The smallest absolute Gasteiger partial charge is 0.207 e. The first-order chi connectivity index (χ1) is 9.81. The van der Waals surface area contributed by atoms with E-state index in [1.54, 1.807) is 25.1 Å². The molecule has 0 radical (unpaired) electrons. The van der Waals surface area contributed by atoms with Crippen LogP contribution in [0.4, 0.5) is 8.78 Å². The Bertz CT molecular complexity index is 760. The summed E-state index contributed by atoms with van der Waals surface area (Å²) in [7, 11) is -3.78. The first-order valence-corrected chi connectivity index (χ1v) is 7.82. The first-order valence-electron chi connectivity index (χ1n) is 6.34. The summed E-state index contributed by atoms with van der Waals surface area (Å²) >= 11 is 0. The van der Waals surface area contributed by atoms with Gasteiger partial charge in [0, 0.05) is 17.7 Å². The predicted octanol–water partition coefficient (Wildman–Crippen LogP) is 3.31. The number of benzene rings is 2. The van der Waals surface area contributed by atoms with Gasteiger partial charge in [-0.3, -0.25) is 0 Å². The molecule has 1 unspecified atom stereocenters. The number of nitrogens with one attached hydrogen (secondary N) is 1. The monoisotopic (exact) mass is 311 g/mol. The molecule has 0 saturated heterocycles. The maximum Gasteiger partial charge on any atom is 0.241 e. The summed E-state index contributed by atoms with van der Waals surface area (Å²) in [5.41, 5.74) is 0.685. The summed E-state index contributed by atoms with van der Waals surface area (Å²) in [6.07, 6.45) is 0. The molecule has 1 atom stereocenters. The Kier molecular flexibility index (Phi) is 4.39. The molecule has 0 amide bonds. The molecule has 0 bridgehead atoms. The number of hydrogen-bond acceptors (Lipinski definition) is 2. The lowest BCUT2D eigenvalue weighted by molar-refractivity contribution is 0.539. The third-order valence-electron chi connectivity index (χ3n) is 3.14. The van der Waals surface area contributed by atoms with Crippen LogP contribution in [0.25, 0.3) is 0 Å². The second-order valence-electron chi connectivity index (χ2n) is 4.77. The van der Waals surface area contributed by atoms with Gasteiger partial charge in [-0.25, -0.2) is 21.9 Å². The third kappa shape index (κ3) is 3.46. The zero-order valence-electron chi connectivity index (χ0n) is 11.6. The topological polar surface area (TPSA) is 46.2 Å². The molecular formula is C15H15F2NO2S. The average molecular weight is 311 g/mol. The number of rotatable bonds is 4. The normalized spacial score (nSPS) is 13.1. The largest absolute Gasteiger partial charge is 0.241 e. The van der Waals surface area contributed by atoms with Crippen molar-refractivity contribution in [3.05, 3.63) is 65.2 Å². The lowest BCUT2D eigenvalue weighted by atomic mass is 10.1. The number of halogens is 2. The van der Waals surface area contributed by atoms with Crippen molar-refractivity contribution >= 4 is 10.0 Å². The summed E-state index contributed by atoms with van der Waals surface area (Å²) in [5, 5.41) is 0.